The number of nitrogens with one attached hydrogen (secondary N) is 2. The molecular weight excluding hydrogens is 983 g/mol. The van der Waals surface area contributed by atoms with Crippen molar-refractivity contribution in [3.8, 4) is 0 Å². The van der Waals surface area contributed by atoms with Crippen LogP contribution in [-0.2, 0) is 69.9 Å². The molecule has 0 radical (unpaired) electrons. The quantitative estimate of drug-likeness (QED) is 0.0194. The lowest BCUT2D eigenvalue weighted by Gasteiger charge is -2.36. The molecule has 0 saturated carbocycles. The number of rotatable bonds is 25. The summed E-state index contributed by atoms with van der Waals surface area (Å²) in [4.78, 5) is 133. The van der Waals surface area contributed by atoms with Crippen LogP contribution in [-0.4, -0.2) is 154 Å². The minimum Gasteiger partial charge on any atom is -0.790 e. The molecule has 0 aromatic carbocycles. The molecular formula is C30H44N7O25P3S-4. The number of aliphatic hydroxyl groups excluding tert-OH is 3. The van der Waals surface area contributed by atoms with E-state index >= 15 is 0 Å². The molecule has 0 bridgehead atoms. The van der Waals surface area contributed by atoms with Crippen molar-refractivity contribution in [2.24, 2.45) is 5.41 Å². The normalized spacial score (nSPS) is 19.3. The zero-order valence-electron chi connectivity index (χ0n) is 34.2. The lowest BCUT2D eigenvalue weighted by molar-refractivity contribution is -0.347. The first-order valence-electron chi connectivity index (χ1n) is 18.1. The maximum atomic E-state index is 12.5. The third-order valence-corrected chi connectivity index (χ3v) is 11.5. The predicted octanol–water partition coefficient (Wildman–Crippen LogP) is -5.28. The lowest BCUT2D eigenvalue weighted by Crippen LogP contribution is -2.46. The number of carbonyl (C=O) groups is 7. The molecule has 66 heavy (non-hydrogen) atoms. The highest BCUT2D eigenvalue weighted by atomic mass is 32.2. The summed E-state index contributed by atoms with van der Waals surface area (Å²) in [5, 5.41) is 57.1. The van der Waals surface area contributed by atoms with E-state index in [0.717, 1.165) is 31.1 Å². The molecule has 1 saturated heterocycles. The first-order chi connectivity index (χ1) is 30.5. The number of hydrogen-bond donors (Lipinski definition) is 9. The minimum absolute atomic E-state index is 0.0176. The zero-order valence-corrected chi connectivity index (χ0v) is 37.7. The molecule has 0 aliphatic carbocycles. The topological polar surface area (TPSA) is 524 Å². The summed E-state index contributed by atoms with van der Waals surface area (Å²) in [6.45, 7) is -0.536. The standard InChI is InChI=1S/C24H38N7O19P3S.C3H6O3.C3H4O3/c1-24(2,19(37)22(38)27-4-3-13(32)26-5-6-54-15(35)7-14(33)34)9-47-53(44,45)50-52(42,43)46-8-12-18(49-51(39,40)41)17(36)23(48-12)31-11-30-16-20(25)28-10-29-21(16)31;2*4-2-1-3(5)6/h10-12,17-19,23,36-37H,3-9H2,1-2H3,(H,26,32)(H,27,38)(H,33,34)(H,42,43)(H,44,45)(H2,25,28,29)(H2,39,40,41);4H,1-2H2,(H,5,6);2H,1H2,(H,5,6)/p-4. The zero-order chi connectivity index (χ0) is 50.6. The van der Waals surface area contributed by atoms with E-state index in [-0.39, 0.29) is 61.7 Å². The van der Waals surface area contributed by atoms with Crippen molar-refractivity contribution in [1.82, 2.24) is 30.2 Å². The first kappa shape index (κ1) is 59.6. The number of imidazole rings is 1. The van der Waals surface area contributed by atoms with Crippen LogP contribution >= 0.6 is 35.2 Å². The van der Waals surface area contributed by atoms with Crippen LogP contribution < -0.4 is 35.9 Å². The smallest absolute Gasteiger partial charge is 0.311 e. The number of phosphoric acid groups is 3. The minimum atomic E-state index is -5.93. The largest absolute Gasteiger partial charge is 0.790 e. The van der Waals surface area contributed by atoms with Crippen LogP contribution in [0.25, 0.3) is 11.2 Å². The SMILES string of the molecule is CC(C)(COP(=O)([O-])OP(=O)([O-])OCC1OC(n2cnc3c(N)ncnc32)C(O)C1OP(=O)([O-])[O-])C(O)C(=O)NCCC(=O)NCCSC(=O)CC(=O)O.O=C(O)CCO.O=CCC(=O)O. The monoisotopic (exact) mass is 1030 g/mol. The fourth-order valence-corrected chi connectivity index (χ4v) is 8.01. The molecule has 374 valence electrons. The summed E-state index contributed by atoms with van der Waals surface area (Å²) < 4.78 is 60.2. The molecule has 2 amide bonds. The van der Waals surface area contributed by atoms with Gasteiger partial charge in [-0.15, -0.1) is 0 Å². The van der Waals surface area contributed by atoms with E-state index in [1.54, 1.807) is 0 Å². The van der Waals surface area contributed by atoms with Gasteiger partial charge in [0, 0.05) is 30.7 Å². The van der Waals surface area contributed by atoms with Gasteiger partial charge in [-0.25, -0.2) is 19.3 Å². The number of carboxylic acids is 3. The van der Waals surface area contributed by atoms with Gasteiger partial charge in [-0.3, -0.25) is 42.5 Å². The number of amides is 2. The Bertz CT molecular complexity index is 2140. The van der Waals surface area contributed by atoms with Crippen molar-refractivity contribution >= 4 is 93.3 Å². The Morgan fingerprint density at radius 2 is 1.61 bits per heavy atom. The van der Waals surface area contributed by atoms with Crippen LogP contribution in [0.5, 0.6) is 0 Å². The Kier molecular flexibility index (Phi) is 24.8. The number of nitrogens with two attached hydrogens (primary N) is 1. The van der Waals surface area contributed by atoms with E-state index in [2.05, 4.69) is 43.5 Å². The Balaban J connectivity index is 0.00000159. The highest BCUT2D eigenvalue weighted by Gasteiger charge is 2.47. The highest BCUT2D eigenvalue weighted by Crippen LogP contribution is 2.56. The first-order valence-corrected chi connectivity index (χ1v) is 23.5. The number of nitrogen functional groups attached to an aromatic ring is 1. The third-order valence-electron chi connectivity index (χ3n) is 7.62. The number of aliphatic carboxylic acids is 3. The van der Waals surface area contributed by atoms with Gasteiger partial charge in [0.15, 0.2) is 22.8 Å². The van der Waals surface area contributed by atoms with Gasteiger partial charge in [0.1, 0.15) is 55.4 Å². The van der Waals surface area contributed by atoms with E-state index < -0.39 is 114 Å². The van der Waals surface area contributed by atoms with E-state index in [1.165, 1.54) is 0 Å². The van der Waals surface area contributed by atoms with Gasteiger partial charge in [-0.2, -0.15) is 0 Å². The fraction of sp³-hybridized carbons (Fsp3) is 0.600. The van der Waals surface area contributed by atoms with Crippen LogP contribution in [0.2, 0.25) is 0 Å². The Morgan fingerprint density at radius 3 is 2.14 bits per heavy atom. The highest BCUT2D eigenvalue weighted by molar-refractivity contribution is 8.13. The maximum absolute atomic E-state index is 12.5. The number of ether oxygens (including phenoxy) is 1. The Morgan fingerprint density at radius 1 is 0.970 bits per heavy atom. The Hall–Kier alpha value is -4.40. The molecule has 32 nitrogen and oxygen atoms in total. The number of hydrogen-bond acceptors (Lipinski definition) is 27. The number of carboxylic acid groups (broad SMARTS) is 3. The van der Waals surface area contributed by atoms with Gasteiger partial charge < -0.3 is 94.2 Å². The van der Waals surface area contributed by atoms with Crippen LogP contribution in [0.1, 0.15) is 45.8 Å². The van der Waals surface area contributed by atoms with Gasteiger partial charge >= 0.3 is 17.9 Å². The maximum Gasteiger partial charge on any atom is 0.311 e. The summed E-state index contributed by atoms with van der Waals surface area (Å²) >= 11 is 0.706. The van der Waals surface area contributed by atoms with Crippen molar-refractivity contribution in [3.63, 3.8) is 0 Å². The molecule has 3 heterocycles. The van der Waals surface area contributed by atoms with Crippen molar-refractivity contribution in [2.75, 3.05) is 44.4 Å². The molecule has 36 heteroatoms. The molecule has 1 aliphatic rings. The van der Waals surface area contributed by atoms with E-state index in [9.17, 15) is 77.0 Å². The average Bonchev–Trinajstić information content (AvgIpc) is 3.74. The van der Waals surface area contributed by atoms with Crippen molar-refractivity contribution < 1.29 is 120 Å². The number of aromatic nitrogens is 4. The summed E-state index contributed by atoms with van der Waals surface area (Å²) in [6, 6.07) is 0. The molecule has 1 fully saturated rings. The molecule has 7 atom stereocenters. The fourth-order valence-electron chi connectivity index (χ4n) is 4.61. The van der Waals surface area contributed by atoms with E-state index in [4.69, 9.17) is 30.9 Å². The van der Waals surface area contributed by atoms with Crippen LogP contribution in [0, 0.1) is 5.41 Å². The van der Waals surface area contributed by atoms with Crippen molar-refractivity contribution in [2.45, 2.75) is 70.2 Å². The summed E-state index contributed by atoms with van der Waals surface area (Å²) in [5.74, 6) is -4.95. The van der Waals surface area contributed by atoms with Crippen molar-refractivity contribution in [3.05, 3.63) is 12.7 Å². The van der Waals surface area contributed by atoms with E-state index in [1.807, 2.05) is 0 Å². The number of aliphatic hydroxyl groups is 3. The van der Waals surface area contributed by atoms with Crippen LogP contribution in [0.3, 0.4) is 0 Å². The number of fused-ring (bicyclic) bond motifs is 1. The number of anilines is 1. The second-order valence-electron chi connectivity index (χ2n) is 13.4. The number of thioether (sulfide) groups is 1. The second-order valence-corrected chi connectivity index (χ2v) is 18.6. The predicted molar refractivity (Wildman–Crippen MR) is 208 cm³/mol. The van der Waals surface area contributed by atoms with Gasteiger partial charge in [0.2, 0.25) is 11.8 Å². The Labute approximate surface area is 375 Å². The lowest BCUT2D eigenvalue weighted by atomic mass is 9.87. The summed E-state index contributed by atoms with van der Waals surface area (Å²) in [5.41, 5.74) is 3.99. The number of carbonyl (C=O) groups excluding carboxylic acids is 4. The van der Waals surface area contributed by atoms with Crippen molar-refractivity contribution in [1.29, 1.82) is 0 Å². The van der Waals surface area contributed by atoms with Gasteiger partial charge in [-0.1, -0.05) is 25.6 Å². The van der Waals surface area contributed by atoms with Gasteiger partial charge in [0.05, 0.1) is 40.4 Å². The molecule has 2 aromatic rings. The number of aldehydes is 1. The van der Waals surface area contributed by atoms with Gasteiger partial charge in [0.25, 0.3) is 15.6 Å². The molecule has 0 spiro atoms. The number of nitrogens with zero attached hydrogens (tertiary/aromatic N) is 4. The molecule has 7 unspecified atom stereocenters. The molecule has 3 rings (SSSR count). The average molecular weight is 1030 g/mol. The van der Waals surface area contributed by atoms with Crippen LogP contribution in [0.4, 0.5) is 5.82 Å². The molecule has 2 aromatic heterocycles. The molecule has 1 aliphatic heterocycles. The summed E-state index contributed by atoms with van der Waals surface area (Å²) in [7, 11) is -17.6. The second kappa shape index (κ2) is 27.4. The van der Waals surface area contributed by atoms with Gasteiger partial charge in [-0.05, 0) is 0 Å². The third kappa shape index (κ3) is 22.4. The number of phosphoric ester groups is 3. The summed E-state index contributed by atoms with van der Waals surface area (Å²) in [6.07, 6.45) is -8.66. The van der Waals surface area contributed by atoms with Crippen LogP contribution in [0.15, 0.2) is 12.7 Å². The van der Waals surface area contributed by atoms with E-state index in [0.29, 0.717) is 18.0 Å². The molecule has 10 N–H and O–H groups in total.